The highest BCUT2D eigenvalue weighted by atomic mass is 32.2. The van der Waals surface area contributed by atoms with Crippen LogP contribution in [0.3, 0.4) is 0 Å². The number of carbonyl (C=O) groups excluding carboxylic acids is 1. The Bertz CT molecular complexity index is 521. The van der Waals surface area contributed by atoms with Crippen LogP contribution in [0.2, 0.25) is 0 Å². The van der Waals surface area contributed by atoms with Crippen LogP contribution >= 0.6 is 11.8 Å². The van der Waals surface area contributed by atoms with Gasteiger partial charge in [-0.1, -0.05) is 0 Å². The molecule has 0 atom stereocenters. The lowest BCUT2D eigenvalue weighted by Gasteiger charge is -1.95. The Morgan fingerprint density at radius 2 is 2.38 bits per heavy atom. The van der Waals surface area contributed by atoms with Crippen LogP contribution in [0.1, 0.15) is 0 Å². The van der Waals surface area contributed by atoms with Gasteiger partial charge in [-0.25, -0.2) is 4.99 Å². The number of hydrogen-bond acceptors (Lipinski definition) is 3. The number of hydrogen-bond donors (Lipinski definition) is 1. The first-order chi connectivity index (χ1) is 6.34. The van der Waals surface area contributed by atoms with Crippen LogP contribution in [-0.2, 0) is 4.79 Å². The Kier molecular flexibility index (Phi) is 1.29. The third kappa shape index (κ3) is 0.920. The van der Waals surface area contributed by atoms with E-state index in [1.165, 1.54) is 0 Å². The lowest BCUT2D eigenvalue weighted by Crippen LogP contribution is -2.22. The van der Waals surface area contributed by atoms with Gasteiger partial charge in [-0.05, 0) is 12.1 Å². The lowest BCUT2D eigenvalue weighted by molar-refractivity contribution is -0.112. The van der Waals surface area contributed by atoms with Crippen LogP contribution in [0.4, 0.5) is 5.69 Å². The second-order valence-corrected chi connectivity index (χ2v) is 3.92. The van der Waals surface area contributed by atoms with Crippen molar-refractivity contribution in [3.63, 3.8) is 0 Å². The number of benzene rings is 1. The van der Waals surface area contributed by atoms with Crippen molar-refractivity contribution >= 4 is 29.4 Å². The molecule has 0 spiro atoms. The van der Waals surface area contributed by atoms with E-state index in [1.807, 2.05) is 12.1 Å². The van der Waals surface area contributed by atoms with Gasteiger partial charge in [0.1, 0.15) is 0 Å². The quantitative estimate of drug-likeness (QED) is 0.631. The van der Waals surface area contributed by atoms with E-state index < -0.39 is 0 Å². The van der Waals surface area contributed by atoms with Crippen molar-refractivity contribution in [2.45, 2.75) is 4.90 Å². The van der Waals surface area contributed by atoms with E-state index in [2.05, 4.69) is 10.3 Å². The molecule has 3 nitrogen and oxygen atoms in total. The minimum atomic E-state index is -0.143. The normalized spacial score (nSPS) is 17.1. The summed E-state index contributed by atoms with van der Waals surface area (Å²) in [5.41, 5.74) is 1.12. The molecule has 4 heteroatoms. The zero-order valence-electron chi connectivity index (χ0n) is 6.70. The molecule has 0 aromatic heterocycles. The Labute approximate surface area is 78.6 Å². The summed E-state index contributed by atoms with van der Waals surface area (Å²) in [5.74, 6) is 0.740. The number of rotatable bonds is 0. The number of nitrogens with zero attached hydrogens (tertiary/aromatic N) is 1. The fourth-order valence-electron chi connectivity index (χ4n) is 1.58. The molecule has 0 radical (unpaired) electrons. The molecule has 1 aromatic rings. The molecular formula is C9H6N2OS. The van der Waals surface area contributed by atoms with Gasteiger partial charge in [-0.15, -0.1) is 11.8 Å². The molecule has 1 N–H and O–H groups in total. The smallest absolute Gasteiger partial charge is 0.270 e. The summed E-state index contributed by atoms with van der Waals surface area (Å²) in [6, 6.07) is 3.86. The first kappa shape index (κ1) is 7.15. The van der Waals surface area contributed by atoms with Gasteiger partial charge >= 0.3 is 0 Å². The van der Waals surface area contributed by atoms with Crippen molar-refractivity contribution in [3.8, 4) is 0 Å². The highest BCUT2D eigenvalue weighted by molar-refractivity contribution is 7.99. The minimum absolute atomic E-state index is 0.143. The van der Waals surface area contributed by atoms with E-state index in [0.717, 1.165) is 27.0 Å². The molecule has 13 heavy (non-hydrogen) atoms. The van der Waals surface area contributed by atoms with Gasteiger partial charge in [0.2, 0.25) is 0 Å². The number of nitrogens with one attached hydrogen (secondary N) is 1. The number of anilines is 1. The van der Waals surface area contributed by atoms with Gasteiger partial charge in [0.15, 0.2) is 0 Å². The molecule has 1 aromatic carbocycles. The molecule has 2 heterocycles. The second-order valence-electron chi connectivity index (χ2n) is 2.93. The first-order valence-electron chi connectivity index (χ1n) is 3.99. The predicted molar refractivity (Wildman–Crippen MR) is 51.0 cm³/mol. The third-order valence-corrected chi connectivity index (χ3v) is 3.17. The Hall–Kier alpha value is -1.29. The Morgan fingerprint density at radius 1 is 1.46 bits per heavy atom. The van der Waals surface area contributed by atoms with Crippen molar-refractivity contribution < 1.29 is 4.79 Å². The highest BCUT2D eigenvalue weighted by Gasteiger charge is 2.15. The van der Waals surface area contributed by atoms with Gasteiger partial charge in [0.25, 0.3) is 5.91 Å². The topological polar surface area (TPSA) is 41.5 Å². The van der Waals surface area contributed by atoms with E-state index in [4.69, 9.17) is 0 Å². The molecule has 2 aliphatic heterocycles. The predicted octanol–water partition coefficient (Wildman–Crippen LogP) is 0.102. The molecule has 3 rings (SSSR count). The minimum Gasteiger partial charge on any atom is -0.375 e. The van der Waals surface area contributed by atoms with Crippen LogP contribution in [0.15, 0.2) is 22.0 Å². The van der Waals surface area contributed by atoms with Gasteiger partial charge in [0.05, 0.1) is 11.2 Å². The summed E-state index contributed by atoms with van der Waals surface area (Å²) in [5, 5.41) is 5.02. The van der Waals surface area contributed by atoms with Gasteiger partial charge in [-0.2, -0.15) is 0 Å². The monoisotopic (exact) mass is 190 g/mol. The summed E-state index contributed by atoms with van der Waals surface area (Å²) in [4.78, 5) is 16.1. The maximum absolute atomic E-state index is 11.0. The second kappa shape index (κ2) is 2.35. The molecule has 0 saturated carbocycles. The fraction of sp³-hybridized carbons (Fsp3) is 0.111. The molecular weight excluding hydrogens is 184 g/mol. The van der Waals surface area contributed by atoms with Gasteiger partial charge < -0.3 is 5.32 Å². The van der Waals surface area contributed by atoms with Crippen molar-refractivity contribution in [3.05, 3.63) is 22.7 Å². The largest absolute Gasteiger partial charge is 0.375 e. The van der Waals surface area contributed by atoms with Gasteiger partial charge in [0, 0.05) is 21.9 Å². The summed E-state index contributed by atoms with van der Waals surface area (Å²) >= 11 is 1.72. The molecule has 2 aliphatic rings. The molecule has 64 valence electrons. The van der Waals surface area contributed by atoms with Crippen LogP contribution in [0.5, 0.6) is 0 Å². The average molecular weight is 190 g/mol. The number of thioether (sulfide) groups is 1. The van der Waals surface area contributed by atoms with E-state index >= 15 is 0 Å². The zero-order valence-corrected chi connectivity index (χ0v) is 7.52. The summed E-state index contributed by atoms with van der Waals surface area (Å²) < 4.78 is 0. The zero-order chi connectivity index (χ0) is 8.84. The fourth-order valence-corrected chi connectivity index (χ4v) is 2.57. The van der Waals surface area contributed by atoms with E-state index in [-0.39, 0.29) is 5.91 Å². The van der Waals surface area contributed by atoms with Gasteiger partial charge in [-0.3, -0.25) is 4.79 Å². The lowest BCUT2D eigenvalue weighted by atomic mass is 10.2. The highest BCUT2D eigenvalue weighted by Crippen LogP contribution is 2.29. The van der Waals surface area contributed by atoms with E-state index in [9.17, 15) is 4.79 Å². The number of amides is 1. The third-order valence-electron chi connectivity index (χ3n) is 2.15. The van der Waals surface area contributed by atoms with Crippen molar-refractivity contribution in [1.29, 1.82) is 0 Å². The summed E-state index contributed by atoms with van der Waals surface area (Å²) in [6.07, 6.45) is 1.61. The van der Waals surface area contributed by atoms with Crippen LogP contribution in [-0.4, -0.2) is 11.8 Å². The van der Waals surface area contributed by atoms with Crippen LogP contribution in [0.25, 0.3) is 6.08 Å². The van der Waals surface area contributed by atoms with Crippen molar-refractivity contribution in [1.82, 2.24) is 0 Å². The molecule has 0 bridgehead atoms. The SMILES string of the molecule is O=C1C=c2c3c(ccc2=N1)NCS3. The van der Waals surface area contributed by atoms with Crippen molar-refractivity contribution in [2.75, 3.05) is 11.2 Å². The molecule has 1 amide bonds. The summed E-state index contributed by atoms with van der Waals surface area (Å²) in [6.45, 7) is 0. The number of fused-ring (bicyclic) bond motifs is 3. The van der Waals surface area contributed by atoms with Crippen LogP contribution < -0.4 is 15.9 Å². The molecule has 0 fully saturated rings. The molecule has 0 unspecified atom stereocenters. The van der Waals surface area contributed by atoms with E-state index in [0.29, 0.717) is 0 Å². The Morgan fingerprint density at radius 3 is 3.31 bits per heavy atom. The van der Waals surface area contributed by atoms with Crippen molar-refractivity contribution in [2.24, 2.45) is 4.99 Å². The average Bonchev–Trinajstić information content (AvgIpc) is 2.65. The molecule has 0 aliphatic carbocycles. The van der Waals surface area contributed by atoms with E-state index in [1.54, 1.807) is 17.8 Å². The first-order valence-corrected chi connectivity index (χ1v) is 4.97. The maximum atomic E-state index is 11.0. The Balaban J connectivity index is 2.47. The maximum Gasteiger partial charge on any atom is 0.270 e. The standard InChI is InChI=1S/C9H6N2OS/c12-8-3-5-6(11-8)1-2-7-9(5)13-4-10-7/h1-3,10H,4H2. The number of carbonyl (C=O) groups is 1. The summed E-state index contributed by atoms with van der Waals surface area (Å²) in [7, 11) is 0. The molecule has 0 saturated heterocycles. The van der Waals surface area contributed by atoms with Crippen LogP contribution in [0, 0.1) is 0 Å².